The Hall–Kier alpha value is -3.16. The van der Waals surface area contributed by atoms with Crippen LogP contribution in [0.25, 0.3) is 0 Å². The molecule has 2 aromatic rings. The minimum Gasteiger partial charge on any atom is -0.451 e. The molecule has 1 aliphatic rings. The Balaban J connectivity index is 1.54. The van der Waals surface area contributed by atoms with Gasteiger partial charge in [0.2, 0.25) is 0 Å². The molecule has 2 heterocycles. The molecule has 154 valence electrons. The van der Waals surface area contributed by atoms with Crippen LogP contribution in [0.2, 0.25) is 0 Å². The maximum atomic E-state index is 13.9. The van der Waals surface area contributed by atoms with E-state index in [9.17, 15) is 18.8 Å². The first-order chi connectivity index (χ1) is 13.8. The van der Waals surface area contributed by atoms with Gasteiger partial charge in [0.15, 0.2) is 12.4 Å². The van der Waals surface area contributed by atoms with Crippen molar-refractivity contribution in [2.75, 3.05) is 37.7 Å². The summed E-state index contributed by atoms with van der Waals surface area (Å²) < 4.78 is 19.1. The van der Waals surface area contributed by atoms with Crippen molar-refractivity contribution in [3.8, 4) is 0 Å². The van der Waals surface area contributed by atoms with Crippen molar-refractivity contribution in [2.24, 2.45) is 0 Å². The number of aryl methyl sites for hydroxylation is 1. The van der Waals surface area contributed by atoms with Gasteiger partial charge in [0, 0.05) is 37.4 Å². The number of esters is 1. The number of H-pyrrole nitrogens is 1. The van der Waals surface area contributed by atoms with E-state index in [-0.39, 0.29) is 29.8 Å². The number of ether oxygens (including phenoxy) is 1. The molecule has 1 aliphatic heterocycles. The molecular weight excluding hydrogens is 377 g/mol. The highest BCUT2D eigenvalue weighted by Gasteiger charge is 2.25. The molecule has 1 N–H and O–H groups in total. The van der Waals surface area contributed by atoms with E-state index in [1.165, 1.54) is 13.0 Å². The number of carbonyl (C=O) groups excluding carboxylic acids is 3. The minimum atomic E-state index is -0.670. The number of hydrogen-bond acceptors (Lipinski definition) is 5. The van der Waals surface area contributed by atoms with Gasteiger partial charge in [-0.05, 0) is 38.5 Å². The summed E-state index contributed by atoms with van der Waals surface area (Å²) in [5, 5.41) is 0. The van der Waals surface area contributed by atoms with Gasteiger partial charge in [0.1, 0.15) is 11.5 Å². The van der Waals surface area contributed by atoms with E-state index >= 15 is 0 Å². The quantitative estimate of drug-likeness (QED) is 0.615. The van der Waals surface area contributed by atoms with E-state index in [0.29, 0.717) is 48.7 Å². The third kappa shape index (κ3) is 4.31. The number of aromatic amines is 1. The van der Waals surface area contributed by atoms with Crippen LogP contribution in [-0.2, 0) is 9.53 Å². The van der Waals surface area contributed by atoms with Crippen LogP contribution in [-0.4, -0.2) is 60.3 Å². The summed E-state index contributed by atoms with van der Waals surface area (Å²) in [4.78, 5) is 42.8. The number of rotatable bonds is 5. The second kappa shape index (κ2) is 8.46. The predicted octanol–water partition coefficient (Wildman–Crippen LogP) is 2.48. The third-order valence-corrected chi connectivity index (χ3v) is 5.15. The zero-order valence-corrected chi connectivity index (χ0v) is 16.8. The molecule has 0 radical (unpaired) electrons. The van der Waals surface area contributed by atoms with Crippen molar-refractivity contribution in [2.45, 2.75) is 20.8 Å². The van der Waals surface area contributed by atoms with Crippen LogP contribution in [0.15, 0.2) is 24.3 Å². The summed E-state index contributed by atoms with van der Waals surface area (Å²) in [7, 11) is 0. The number of piperazine rings is 1. The monoisotopic (exact) mass is 401 g/mol. The number of anilines is 1. The number of benzene rings is 1. The SMILES string of the molecule is CC(=O)c1c(C)[nH]c(C(=O)OCC(=O)N2CCN(c3ccccc3F)CC2)c1C. The smallest absolute Gasteiger partial charge is 0.355 e. The molecule has 0 bridgehead atoms. The van der Waals surface area contributed by atoms with Crippen LogP contribution in [0.1, 0.15) is 39.0 Å². The molecular formula is C21H24FN3O4. The van der Waals surface area contributed by atoms with Gasteiger partial charge >= 0.3 is 5.97 Å². The molecule has 0 aliphatic carbocycles. The first kappa shape index (κ1) is 20.6. The zero-order valence-electron chi connectivity index (χ0n) is 16.8. The molecule has 7 nitrogen and oxygen atoms in total. The maximum absolute atomic E-state index is 13.9. The highest BCUT2D eigenvalue weighted by Crippen LogP contribution is 2.21. The summed E-state index contributed by atoms with van der Waals surface area (Å²) in [5.74, 6) is -1.41. The van der Waals surface area contributed by atoms with Crippen molar-refractivity contribution < 1.29 is 23.5 Å². The Morgan fingerprint density at radius 3 is 2.34 bits per heavy atom. The lowest BCUT2D eigenvalue weighted by molar-refractivity contribution is -0.134. The van der Waals surface area contributed by atoms with E-state index in [0.717, 1.165) is 0 Å². The van der Waals surface area contributed by atoms with E-state index in [1.807, 2.05) is 4.90 Å². The van der Waals surface area contributed by atoms with Crippen molar-refractivity contribution >= 4 is 23.3 Å². The zero-order chi connectivity index (χ0) is 21.1. The molecule has 1 aromatic carbocycles. The number of nitrogens with one attached hydrogen (secondary N) is 1. The average Bonchev–Trinajstić information content (AvgIpc) is 3.00. The second-order valence-electron chi connectivity index (χ2n) is 7.08. The molecule has 1 aromatic heterocycles. The fourth-order valence-electron chi connectivity index (χ4n) is 3.68. The lowest BCUT2D eigenvalue weighted by atomic mass is 10.1. The number of nitrogens with zero attached hydrogens (tertiary/aromatic N) is 2. The van der Waals surface area contributed by atoms with Crippen molar-refractivity contribution in [3.05, 3.63) is 52.6 Å². The molecule has 0 unspecified atom stereocenters. The van der Waals surface area contributed by atoms with E-state index in [1.54, 1.807) is 36.9 Å². The number of aromatic nitrogens is 1. The number of ketones is 1. The molecule has 1 fully saturated rings. The number of Topliss-reactive ketones (excluding diaryl/α,β-unsaturated/α-hetero) is 1. The topological polar surface area (TPSA) is 82.7 Å². The van der Waals surface area contributed by atoms with E-state index < -0.39 is 5.97 Å². The van der Waals surface area contributed by atoms with Gasteiger partial charge in [0.25, 0.3) is 5.91 Å². The number of para-hydroxylation sites is 1. The maximum Gasteiger partial charge on any atom is 0.355 e. The van der Waals surface area contributed by atoms with Crippen LogP contribution >= 0.6 is 0 Å². The van der Waals surface area contributed by atoms with Gasteiger partial charge in [-0.15, -0.1) is 0 Å². The summed E-state index contributed by atoms with van der Waals surface area (Å²) >= 11 is 0. The van der Waals surface area contributed by atoms with Crippen LogP contribution in [0, 0.1) is 19.7 Å². The fraction of sp³-hybridized carbons (Fsp3) is 0.381. The lowest BCUT2D eigenvalue weighted by Gasteiger charge is -2.36. The van der Waals surface area contributed by atoms with E-state index in [2.05, 4.69) is 4.98 Å². The summed E-state index contributed by atoms with van der Waals surface area (Å²) in [6, 6.07) is 6.54. The molecule has 29 heavy (non-hydrogen) atoms. The van der Waals surface area contributed by atoms with Crippen molar-refractivity contribution in [1.29, 1.82) is 0 Å². The summed E-state index contributed by atoms with van der Waals surface area (Å²) in [5.41, 5.74) is 2.28. The number of hydrogen-bond donors (Lipinski definition) is 1. The van der Waals surface area contributed by atoms with Crippen LogP contribution in [0.3, 0.4) is 0 Å². The summed E-state index contributed by atoms with van der Waals surface area (Å²) in [6.45, 7) is 6.25. The third-order valence-electron chi connectivity index (χ3n) is 5.15. The number of carbonyl (C=O) groups is 3. The van der Waals surface area contributed by atoms with Gasteiger partial charge in [0.05, 0.1) is 5.69 Å². The van der Waals surface area contributed by atoms with Gasteiger partial charge in [-0.1, -0.05) is 12.1 Å². The van der Waals surface area contributed by atoms with Gasteiger partial charge in [-0.3, -0.25) is 9.59 Å². The highest BCUT2D eigenvalue weighted by molar-refractivity contribution is 6.01. The number of amides is 1. The highest BCUT2D eigenvalue weighted by atomic mass is 19.1. The van der Waals surface area contributed by atoms with Gasteiger partial charge in [-0.2, -0.15) is 0 Å². The molecule has 1 saturated heterocycles. The largest absolute Gasteiger partial charge is 0.451 e. The molecule has 0 atom stereocenters. The van der Waals surface area contributed by atoms with E-state index in [4.69, 9.17) is 4.74 Å². The Morgan fingerprint density at radius 2 is 1.76 bits per heavy atom. The van der Waals surface area contributed by atoms with Crippen molar-refractivity contribution in [1.82, 2.24) is 9.88 Å². The average molecular weight is 401 g/mol. The standard InChI is InChI=1S/C21H24FN3O4/c1-13-19(15(3)26)14(2)23-20(13)21(28)29-12-18(27)25-10-8-24(9-11-25)17-7-5-4-6-16(17)22/h4-7,23H,8-12H2,1-3H3. The Kier molecular flexibility index (Phi) is 6.00. The second-order valence-corrected chi connectivity index (χ2v) is 7.08. The predicted molar refractivity (Wildman–Crippen MR) is 106 cm³/mol. The van der Waals surface area contributed by atoms with Crippen LogP contribution in [0.4, 0.5) is 10.1 Å². The molecule has 8 heteroatoms. The first-order valence-electron chi connectivity index (χ1n) is 9.44. The lowest BCUT2D eigenvalue weighted by Crippen LogP contribution is -2.50. The molecule has 0 spiro atoms. The van der Waals surface area contributed by atoms with Crippen molar-refractivity contribution in [3.63, 3.8) is 0 Å². The van der Waals surface area contributed by atoms with Crippen LogP contribution < -0.4 is 4.90 Å². The minimum absolute atomic E-state index is 0.140. The van der Waals surface area contributed by atoms with Gasteiger partial charge in [-0.25, -0.2) is 9.18 Å². The Bertz CT molecular complexity index is 945. The Labute approximate surface area is 168 Å². The fourth-order valence-corrected chi connectivity index (χ4v) is 3.68. The molecule has 1 amide bonds. The molecule has 3 rings (SSSR count). The van der Waals surface area contributed by atoms with Crippen LogP contribution in [0.5, 0.6) is 0 Å². The van der Waals surface area contributed by atoms with Gasteiger partial charge < -0.3 is 19.5 Å². The molecule has 0 saturated carbocycles. The summed E-state index contributed by atoms with van der Waals surface area (Å²) in [6.07, 6.45) is 0. The Morgan fingerprint density at radius 1 is 1.10 bits per heavy atom. The first-order valence-corrected chi connectivity index (χ1v) is 9.44. The number of halogens is 1. The normalized spacial score (nSPS) is 14.1.